The van der Waals surface area contributed by atoms with Crippen LogP contribution in [0, 0.1) is 17.9 Å². The second-order valence-electron chi connectivity index (χ2n) is 10.9. The van der Waals surface area contributed by atoms with Crippen molar-refractivity contribution in [3.63, 3.8) is 0 Å². The molecule has 0 amide bonds. The quantitative estimate of drug-likeness (QED) is 0.313. The van der Waals surface area contributed by atoms with Gasteiger partial charge in [-0.15, -0.1) is 0 Å². The van der Waals surface area contributed by atoms with Gasteiger partial charge in [-0.3, -0.25) is 9.88 Å². The Kier molecular flexibility index (Phi) is 6.45. The number of aromatic nitrogens is 5. The van der Waals surface area contributed by atoms with E-state index in [0.717, 1.165) is 25.5 Å². The van der Waals surface area contributed by atoms with Gasteiger partial charge in [0.25, 0.3) is 5.54 Å². The third kappa shape index (κ3) is 4.76. The maximum absolute atomic E-state index is 9.66. The minimum Gasteiger partial charge on any atom is -0.484 e. The van der Waals surface area contributed by atoms with Crippen LogP contribution in [0.2, 0.25) is 0 Å². The maximum atomic E-state index is 9.66. The lowest BCUT2D eigenvalue weighted by Crippen LogP contribution is -2.68. The molecule has 3 saturated heterocycles. The average molecular weight is 536 g/mol. The van der Waals surface area contributed by atoms with E-state index in [-0.39, 0.29) is 6.61 Å². The lowest BCUT2D eigenvalue weighted by atomic mass is 9.87. The second-order valence-corrected chi connectivity index (χ2v) is 10.9. The monoisotopic (exact) mass is 535 g/mol. The third-order valence-electron chi connectivity index (χ3n) is 7.56. The van der Waals surface area contributed by atoms with E-state index in [2.05, 4.69) is 36.9 Å². The summed E-state index contributed by atoms with van der Waals surface area (Å²) in [6, 6.07) is 8.94. The minimum atomic E-state index is -0.658. The molecule has 0 radical (unpaired) electrons. The van der Waals surface area contributed by atoms with E-state index in [0.29, 0.717) is 46.1 Å². The number of piperazine rings is 1. The van der Waals surface area contributed by atoms with Crippen molar-refractivity contribution in [3.8, 4) is 29.0 Å². The van der Waals surface area contributed by atoms with Crippen molar-refractivity contribution in [1.29, 1.82) is 5.26 Å². The van der Waals surface area contributed by atoms with Crippen LogP contribution in [0.5, 0.6) is 11.6 Å². The summed E-state index contributed by atoms with van der Waals surface area (Å²) in [5.41, 5.74) is 2.93. The number of ether oxygens (including phenoxy) is 2. The number of hydrogen-bond donors (Lipinski definition) is 0. The van der Waals surface area contributed by atoms with Crippen molar-refractivity contribution < 1.29 is 9.47 Å². The first-order chi connectivity index (χ1) is 19.4. The Morgan fingerprint density at radius 2 is 1.95 bits per heavy atom. The van der Waals surface area contributed by atoms with Crippen molar-refractivity contribution in [3.05, 3.63) is 71.7 Å². The van der Waals surface area contributed by atoms with Crippen molar-refractivity contribution in [2.45, 2.75) is 44.4 Å². The molecule has 0 saturated carbocycles. The highest BCUT2D eigenvalue weighted by atomic mass is 16.5. The smallest absolute Gasteiger partial charge is 0.260 e. The molecule has 3 fully saturated rings. The Balaban J connectivity index is 1.19. The molecule has 202 valence electrons. The van der Waals surface area contributed by atoms with Crippen LogP contribution in [-0.2, 0) is 6.54 Å². The van der Waals surface area contributed by atoms with Gasteiger partial charge in [0.05, 0.1) is 48.7 Å². The second kappa shape index (κ2) is 10.1. The molecule has 4 aromatic rings. The van der Waals surface area contributed by atoms with Crippen molar-refractivity contribution in [2.24, 2.45) is 0 Å². The van der Waals surface area contributed by atoms with Crippen LogP contribution in [0.4, 0.5) is 5.82 Å². The fraction of sp³-hybridized carbons (Fsp3) is 0.379. The number of piperidine rings is 1. The largest absolute Gasteiger partial charge is 0.484 e. The molecule has 2 unspecified atom stereocenters. The Hall–Kier alpha value is -4.74. The van der Waals surface area contributed by atoms with Gasteiger partial charge in [-0.1, -0.05) is 6.07 Å². The van der Waals surface area contributed by atoms with Gasteiger partial charge in [-0.2, -0.15) is 10.4 Å². The predicted octanol–water partition coefficient (Wildman–Crippen LogP) is 3.61. The van der Waals surface area contributed by atoms with E-state index in [9.17, 15) is 5.26 Å². The van der Waals surface area contributed by atoms with Crippen LogP contribution >= 0.6 is 0 Å². The lowest BCUT2D eigenvalue weighted by Gasteiger charge is -2.56. The molecular weight excluding hydrogens is 506 g/mol. The molecule has 0 spiro atoms. The van der Waals surface area contributed by atoms with Gasteiger partial charge < -0.3 is 19.2 Å². The highest BCUT2D eigenvalue weighted by Crippen LogP contribution is 2.36. The summed E-state index contributed by atoms with van der Waals surface area (Å²) >= 11 is 0. The first kappa shape index (κ1) is 25.5. The number of rotatable bonds is 8. The summed E-state index contributed by atoms with van der Waals surface area (Å²) in [6.07, 6.45) is 9.85. The molecule has 0 N–H and O–H groups in total. The van der Waals surface area contributed by atoms with Gasteiger partial charge in [-0.05, 0) is 18.1 Å². The first-order valence-electron chi connectivity index (χ1n) is 13.1. The summed E-state index contributed by atoms with van der Waals surface area (Å²) in [6.45, 7) is 13.9. The highest BCUT2D eigenvalue weighted by Gasteiger charge is 2.44. The Labute approximate surface area is 232 Å². The SMILES string of the molecule is [C-]#[N+]C(C)(C)COc1cc(-c2cnc(N3CC4CC(C3)N4Cc3ccc(OC)nc3)cn2)c2c(C#N)cnn2c1. The fourth-order valence-corrected chi connectivity index (χ4v) is 5.34. The molecule has 7 rings (SSSR count). The number of hydrogen-bond acceptors (Lipinski definition) is 9. The number of anilines is 1. The minimum absolute atomic E-state index is 0.224. The molecular formula is C29H29N9O2. The zero-order chi connectivity index (χ0) is 27.9. The van der Waals surface area contributed by atoms with Gasteiger partial charge >= 0.3 is 0 Å². The summed E-state index contributed by atoms with van der Waals surface area (Å²) in [7, 11) is 1.62. The molecule has 3 aliphatic heterocycles. The average Bonchev–Trinajstić information content (AvgIpc) is 3.42. The third-order valence-corrected chi connectivity index (χ3v) is 7.56. The Morgan fingerprint density at radius 1 is 1.12 bits per heavy atom. The molecule has 2 atom stereocenters. The molecule has 3 aliphatic rings. The molecule has 40 heavy (non-hydrogen) atoms. The molecule has 0 aliphatic carbocycles. The fourth-order valence-electron chi connectivity index (χ4n) is 5.34. The van der Waals surface area contributed by atoms with E-state index in [1.54, 1.807) is 30.2 Å². The number of methoxy groups -OCH3 is 1. The number of fused-ring (bicyclic) bond motifs is 3. The van der Waals surface area contributed by atoms with Crippen LogP contribution in [0.25, 0.3) is 21.6 Å². The van der Waals surface area contributed by atoms with E-state index >= 15 is 0 Å². The number of nitriles is 1. The zero-order valence-corrected chi connectivity index (χ0v) is 22.7. The predicted molar refractivity (Wildman–Crippen MR) is 148 cm³/mol. The topological polar surface area (TPSA) is 109 Å². The maximum Gasteiger partial charge on any atom is 0.260 e. The molecule has 11 nitrogen and oxygen atoms in total. The summed E-state index contributed by atoms with van der Waals surface area (Å²) in [5.74, 6) is 2.00. The van der Waals surface area contributed by atoms with Gasteiger partial charge in [0, 0.05) is 63.4 Å². The summed E-state index contributed by atoms with van der Waals surface area (Å²) in [5, 5.41) is 14.0. The molecule has 11 heteroatoms. The van der Waals surface area contributed by atoms with Crippen LogP contribution in [-0.4, -0.2) is 73.9 Å². The van der Waals surface area contributed by atoms with Crippen molar-refractivity contribution in [2.75, 3.05) is 31.7 Å². The van der Waals surface area contributed by atoms with Crippen LogP contribution in [0.15, 0.2) is 49.2 Å². The number of pyridine rings is 2. The van der Waals surface area contributed by atoms with Gasteiger partial charge in [0.1, 0.15) is 17.6 Å². The molecule has 0 aromatic carbocycles. The van der Waals surface area contributed by atoms with E-state index in [1.807, 2.05) is 32.2 Å². The zero-order valence-electron chi connectivity index (χ0n) is 22.7. The first-order valence-corrected chi connectivity index (χ1v) is 13.1. The molecule has 4 aromatic heterocycles. The van der Waals surface area contributed by atoms with Gasteiger partial charge in [-0.25, -0.2) is 21.1 Å². The highest BCUT2D eigenvalue weighted by molar-refractivity contribution is 5.83. The Morgan fingerprint density at radius 3 is 2.60 bits per heavy atom. The van der Waals surface area contributed by atoms with Gasteiger partial charge in [0.15, 0.2) is 6.61 Å². The van der Waals surface area contributed by atoms with Crippen LogP contribution < -0.4 is 14.4 Å². The summed E-state index contributed by atoms with van der Waals surface area (Å²) < 4.78 is 12.7. The number of nitrogens with zero attached hydrogens (tertiary/aromatic N) is 9. The normalized spacial score (nSPS) is 18.6. The van der Waals surface area contributed by atoms with Crippen molar-refractivity contribution >= 4 is 11.3 Å². The lowest BCUT2D eigenvalue weighted by molar-refractivity contribution is -0.00879. The standard InChI is InChI=1S/C29H29N9O2/c1-29(2,31-3)18-40-23-8-24(28-20(9-30)11-35-38(28)17-23)25-12-33-26(13-32-25)36-15-21-7-22(16-36)37(21)14-19-5-6-27(39-4)34-10-19/h5-6,8,10-13,17,21-22H,7,14-16,18H2,1-2,4H3. The van der Waals surface area contributed by atoms with E-state index in [1.165, 1.54) is 18.2 Å². The molecule has 7 heterocycles. The Bertz CT molecular complexity index is 1610. The van der Waals surface area contributed by atoms with E-state index < -0.39 is 5.54 Å². The molecule has 2 bridgehead atoms. The van der Waals surface area contributed by atoms with Crippen LogP contribution in [0.1, 0.15) is 31.4 Å². The summed E-state index contributed by atoms with van der Waals surface area (Å²) in [4.78, 5) is 22.3. The van der Waals surface area contributed by atoms with Crippen molar-refractivity contribution in [1.82, 2.24) is 29.5 Å². The van der Waals surface area contributed by atoms with E-state index in [4.69, 9.17) is 26.0 Å². The van der Waals surface area contributed by atoms with Crippen LogP contribution in [0.3, 0.4) is 0 Å². The van der Waals surface area contributed by atoms with Gasteiger partial charge in [0.2, 0.25) is 5.88 Å².